The summed E-state index contributed by atoms with van der Waals surface area (Å²) in [5.74, 6) is -1.53. The van der Waals surface area contributed by atoms with Crippen molar-refractivity contribution >= 4 is 8.32 Å². The predicted octanol–water partition coefficient (Wildman–Crippen LogP) is 2.79. The van der Waals surface area contributed by atoms with Crippen molar-refractivity contribution < 1.29 is 28.5 Å². The van der Waals surface area contributed by atoms with E-state index in [-0.39, 0.29) is 23.4 Å². The second-order valence-corrected chi connectivity index (χ2v) is 14.7. The summed E-state index contributed by atoms with van der Waals surface area (Å²) in [6, 6.07) is 0. The van der Waals surface area contributed by atoms with E-state index in [9.17, 15) is 5.11 Å². The highest BCUT2D eigenvalue weighted by Gasteiger charge is 2.64. The fraction of sp³-hybridized carbons (Fsp3) is 1.00. The molecule has 0 aromatic heterocycles. The van der Waals surface area contributed by atoms with Gasteiger partial charge < -0.3 is 28.5 Å². The zero-order valence-corrected chi connectivity index (χ0v) is 18.0. The van der Waals surface area contributed by atoms with Crippen LogP contribution in [0.3, 0.4) is 0 Å². The molecule has 0 amide bonds. The molecule has 6 nitrogen and oxygen atoms in total. The van der Waals surface area contributed by atoms with Crippen LogP contribution in [0.25, 0.3) is 0 Å². The van der Waals surface area contributed by atoms with E-state index < -0.39 is 38.2 Å². The Morgan fingerprint density at radius 2 is 1.16 bits per heavy atom. The maximum atomic E-state index is 10.8. The topological polar surface area (TPSA) is 66.4 Å². The predicted molar refractivity (Wildman–Crippen MR) is 95.7 cm³/mol. The zero-order chi connectivity index (χ0) is 19.0. The van der Waals surface area contributed by atoms with Gasteiger partial charge in [-0.2, -0.15) is 0 Å². The molecule has 1 saturated carbocycles. The molecule has 3 rings (SSSR count). The lowest BCUT2D eigenvalue weighted by molar-refractivity contribution is -0.182. The summed E-state index contributed by atoms with van der Waals surface area (Å²) < 4.78 is 31.0. The first-order chi connectivity index (χ1) is 11.1. The third-order valence-corrected chi connectivity index (χ3v) is 10.4. The molecule has 0 aromatic rings. The number of rotatable bonds is 2. The van der Waals surface area contributed by atoms with Crippen LogP contribution in [0.15, 0.2) is 0 Å². The first kappa shape index (κ1) is 19.7. The standard InChI is InChI=1S/C18H34O6Si/c1-16(2,3)25(8,9)24-15-13-11(20-17(4,5)22-13)10(19)12-14(15)23-18(6,7)21-12/h10-15,19H,1-9H3/t10?,11-,12+,13-,14-,15?/m0/s1. The first-order valence-electron chi connectivity index (χ1n) is 9.21. The summed E-state index contributed by atoms with van der Waals surface area (Å²) in [7, 11) is -2.08. The Morgan fingerprint density at radius 1 is 0.800 bits per heavy atom. The van der Waals surface area contributed by atoms with Crippen molar-refractivity contribution in [3.8, 4) is 0 Å². The summed E-state index contributed by atoms with van der Waals surface area (Å²) in [5, 5.41) is 10.9. The Labute approximate surface area is 152 Å². The summed E-state index contributed by atoms with van der Waals surface area (Å²) >= 11 is 0. The average Bonchev–Trinajstić information content (AvgIpc) is 2.89. The van der Waals surface area contributed by atoms with Gasteiger partial charge >= 0.3 is 0 Å². The van der Waals surface area contributed by atoms with Gasteiger partial charge in [-0.15, -0.1) is 0 Å². The molecule has 2 heterocycles. The van der Waals surface area contributed by atoms with Crippen LogP contribution in [-0.4, -0.2) is 61.6 Å². The highest BCUT2D eigenvalue weighted by atomic mass is 28.4. The van der Waals surface area contributed by atoms with Crippen molar-refractivity contribution in [2.24, 2.45) is 0 Å². The normalized spacial score (nSPS) is 43.0. The maximum absolute atomic E-state index is 10.8. The van der Waals surface area contributed by atoms with Gasteiger partial charge in [-0.05, 0) is 45.8 Å². The van der Waals surface area contributed by atoms with Crippen LogP contribution in [0.2, 0.25) is 18.1 Å². The van der Waals surface area contributed by atoms with E-state index in [1.165, 1.54) is 0 Å². The zero-order valence-electron chi connectivity index (χ0n) is 17.0. The van der Waals surface area contributed by atoms with E-state index in [2.05, 4.69) is 33.9 Å². The summed E-state index contributed by atoms with van der Waals surface area (Å²) in [6.07, 6.45) is -2.86. The Balaban J connectivity index is 1.95. The van der Waals surface area contributed by atoms with Crippen LogP contribution >= 0.6 is 0 Å². The molecule has 25 heavy (non-hydrogen) atoms. The molecule has 0 bridgehead atoms. The molecule has 6 atom stereocenters. The molecule has 2 aliphatic heterocycles. The summed E-state index contributed by atoms with van der Waals surface area (Å²) in [5.41, 5.74) is 0. The summed E-state index contributed by atoms with van der Waals surface area (Å²) in [4.78, 5) is 0. The Bertz CT molecular complexity index is 494. The van der Waals surface area contributed by atoms with Gasteiger partial charge in [0.1, 0.15) is 36.6 Å². The number of hydrogen-bond donors (Lipinski definition) is 1. The molecule has 2 unspecified atom stereocenters. The molecule has 3 aliphatic rings. The van der Waals surface area contributed by atoms with E-state index in [0.29, 0.717) is 0 Å². The van der Waals surface area contributed by atoms with E-state index in [0.717, 1.165) is 0 Å². The quantitative estimate of drug-likeness (QED) is 0.750. The van der Waals surface area contributed by atoms with Crippen molar-refractivity contribution in [1.82, 2.24) is 0 Å². The van der Waals surface area contributed by atoms with E-state index in [1.807, 2.05) is 27.7 Å². The van der Waals surface area contributed by atoms with Crippen molar-refractivity contribution in [2.45, 2.75) is 115 Å². The van der Waals surface area contributed by atoms with Gasteiger partial charge in [0.25, 0.3) is 0 Å². The van der Waals surface area contributed by atoms with Crippen molar-refractivity contribution in [1.29, 1.82) is 0 Å². The average molecular weight is 375 g/mol. The number of hydrogen-bond acceptors (Lipinski definition) is 6. The highest BCUT2D eigenvalue weighted by molar-refractivity contribution is 6.74. The van der Waals surface area contributed by atoms with Crippen LogP contribution in [0.1, 0.15) is 48.5 Å². The minimum Gasteiger partial charge on any atom is -0.408 e. The van der Waals surface area contributed by atoms with E-state index in [1.54, 1.807) is 0 Å². The molecule has 1 N–H and O–H groups in total. The van der Waals surface area contributed by atoms with Gasteiger partial charge in [0.15, 0.2) is 19.9 Å². The van der Waals surface area contributed by atoms with Crippen LogP contribution in [0.5, 0.6) is 0 Å². The van der Waals surface area contributed by atoms with Gasteiger partial charge in [0.05, 0.1) is 0 Å². The molecule has 0 spiro atoms. The maximum Gasteiger partial charge on any atom is 0.192 e. The SMILES string of the molecule is CC1(C)O[C@@H]2C(O[Si](C)(C)C(C)(C)C)[C@H]3OC(C)(C)O[C@H]3C(O)[C@H]2O1. The van der Waals surface area contributed by atoms with E-state index in [4.69, 9.17) is 23.4 Å². The third-order valence-electron chi connectivity index (χ3n) is 5.88. The van der Waals surface area contributed by atoms with Crippen molar-refractivity contribution in [2.75, 3.05) is 0 Å². The second-order valence-electron chi connectivity index (χ2n) is 9.96. The Hall–Kier alpha value is -0.0231. The summed E-state index contributed by atoms with van der Waals surface area (Å²) in [6.45, 7) is 18.5. The largest absolute Gasteiger partial charge is 0.408 e. The fourth-order valence-corrected chi connectivity index (χ4v) is 5.00. The molecule has 1 aliphatic carbocycles. The highest BCUT2D eigenvalue weighted by Crippen LogP contribution is 2.47. The molecule has 0 aromatic carbocycles. The lowest BCUT2D eigenvalue weighted by atomic mass is 9.85. The fourth-order valence-electron chi connectivity index (χ4n) is 3.70. The lowest BCUT2D eigenvalue weighted by Crippen LogP contribution is -2.64. The molecule has 0 radical (unpaired) electrons. The number of fused-ring (bicyclic) bond motifs is 2. The van der Waals surface area contributed by atoms with Gasteiger partial charge in [0.2, 0.25) is 0 Å². The molecule has 3 fully saturated rings. The second kappa shape index (κ2) is 5.74. The van der Waals surface area contributed by atoms with Gasteiger partial charge in [-0.25, -0.2) is 0 Å². The van der Waals surface area contributed by atoms with Crippen LogP contribution < -0.4 is 0 Å². The minimum atomic E-state index is -2.08. The number of aliphatic hydroxyl groups is 1. The van der Waals surface area contributed by atoms with Crippen molar-refractivity contribution in [3.05, 3.63) is 0 Å². The van der Waals surface area contributed by atoms with Crippen LogP contribution in [0.4, 0.5) is 0 Å². The number of ether oxygens (including phenoxy) is 4. The molecule has 7 heteroatoms. The molecule has 146 valence electrons. The minimum absolute atomic E-state index is 0.0536. The van der Waals surface area contributed by atoms with Gasteiger partial charge in [-0.3, -0.25) is 0 Å². The van der Waals surface area contributed by atoms with Gasteiger partial charge in [-0.1, -0.05) is 20.8 Å². The molecular formula is C18H34O6Si. The van der Waals surface area contributed by atoms with Gasteiger partial charge in [0, 0.05) is 0 Å². The Morgan fingerprint density at radius 3 is 1.52 bits per heavy atom. The Kier molecular flexibility index (Phi) is 4.53. The van der Waals surface area contributed by atoms with Crippen molar-refractivity contribution in [3.63, 3.8) is 0 Å². The molecule has 2 saturated heterocycles. The van der Waals surface area contributed by atoms with Crippen LogP contribution in [-0.2, 0) is 23.4 Å². The smallest absolute Gasteiger partial charge is 0.192 e. The third kappa shape index (κ3) is 3.45. The molecular weight excluding hydrogens is 340 g/mol. The number of aliphatic hydroxyl groups excluding tert-OH is 1. The van der Waals surface area contributed by atoms with Crippen LogP contribution in [0, 0.1) is 0 Å². The monoisotopic (exact) mass is 374 g/mol. The van der Waals surface area contributed by atoms with E-state index >= 15 is 0 Å². The first-order valence-corrected chi connectivity index (χ1v) is 12.1. The lowest BCUT2D eigenvalue weighted by Gasteiger charge is -2.46.